The predicted octanol–water partition coefficient (Wildman–Crippen LogP) is 3.61. The van der Waals surface area contributed by atoms with Crippen molar-refractivity contribution in [2.24, 2.45) is 11.7 Å². The SMILES string of the molecule is Cl.NC1CCC(C(=O)NC(COc2ccccc2F)c2ccccc2)C1. The molecule has 26 heavy (non-hydrogen) atoms. The summed E-state index contributed by atoms with van der Waals surface area (Å²) in [5.74, 6) is -0.309. The zero-order valence-corrected chi connectivity index (χ0v) is 15.3. The van der Waals surface area contributed by atoms with Crippen LogP contribution in [0.1, 0.15) is 30.9 Å². The third kappa shape index (κ3) is 5.19. The first-order chi connectivity index (χ1) is 12.1. The van der Waals surface area contributed by atoms with Crippen molar-refractivity contribution in [3.8, 4) is 5.75 Å². The molecule has 0 saturated heterocycles. The molecule has 3 N–H and O–H groups in total. The first-order valence-corrected chi connectivity index (χ1v) is 8.61. The summed E-state index contributed by atoms with van der Waals surface area (Å²) in [5, 5.41) is 3.04. The standard InChI is InChI=1S/C20H23FN2O2.ClH/c21-17-8-4-5-9-19(17)25-13-18(14-6-2-1-3-7-14)23-20(24)15-10-11-16(22)12-15;/h1-9,15-16,18H,10-13,22H2,(H,23,24);1H. The third-order valence-corrected chi connectivity index (χ3v) is 4.60. The van der Waals surface area contributed by atoms with Crippen molar-refractivity contribution in [1.82, 2.24) is 5.32 Å². The molecular weight excluding hydrogens is 355 g/mol. The van der Waals surface area contributed by atoms with E-state index in [1.807, 2.05) is 30.3 Å². The number of hydrogen-bond acceptors (Lipinski definition) is 3. The number of amides is 1. The molecule has 0 heterocycles. The highest BCUT2D eigenvalue weighted by Gasteiger charge is 2.29. The Labute approximate surface area is 159 Å². The van der Waals surface area contributed by atoms with Crippen LogP contribution in [-0.2, 0) is 4.79 Å². The van der Waals surface area contributed by atoms with Crippen molar-refractivity contribution in [3.63, 3.8) is 0 Å². The largest absolute Gasteiger partial charge is 0.488 e. The van der Waals surface area contributed by atoms with E-state index in [-0.39, 0.29) is 48.7 Å². The highest BCUT2D eigenvalue weighted by molar-refractivity contribution is 5.85. The lowest BCUT2D eigenvalue weighted by atomic mass is 10.0. The summed E-state index contributed by atoms with van der Waals surface area (Å²) >= 11 is 0. The van der Waals surface area contributed by atoms with Crippen molar-refractivity contribution in [2.45, 2.75) is 31.3 Å². The molecule has 1 aliphatic rings. The first kappa shape index (κ1) is 20.2. The highest BCUT2D eigenvalue weighted by Crippen LogP contribution is 2.26. The molecule has 140 valence electrons. The number of carbonyl (C=O) groups is 1. The minimum Gasteiger partial charge on any atom is -0.488 e. The molecule has 0 aliphatic heterocycles. The molecule has 2 aromatic carbocycles. The van der Waals surface area contributed by atoms with E-state index in [9.17, 15) is 9.18 Å². The maximum Gasteiger partial charge on any atom is 0.223 e. The molecule has 6 heteroatoms. The fourth-order valence-corrected chi connectivity index (χ4v) is 3.19. The van der Waals surface area contributed by atoms with E-state index in [0.717, 1.165) is 18.4 Å². The molecule has 0 bridgehead atoms. The minimum absolute atomic E-state index is 0. The zero-order chi connectivity index (χ0) is 17.6. The molecule has 0 spiro atoms. The van der Waals surface area contributed by atoms with E-state index in [0.29, 0.717) is 6.42 Å². The van der Waals surface area contributed by atoms with Gasteiger partial charge in [-0.1, -0.05) is 42.5 Å². The van der Waals surface area contributed by atoms with E-state index in [1.165, 1.54) is 6.07 Å². The van der Waals surface area contributed by atoms with Crippen LogP contribution in [-0.4, -0.2) is 18.6 Å². The average Bonchev–Trinajstić information content (AvgIpc) is 3.07. The van der Waals surface area contributed by atoms with Gasteiger partial charge in [0, 0.05) is 12.0 Å². The van der Waals surface area contributed by atoms with Gasteiger partial charge in [-0.05, 0) is 37.0 Å². The van der Waals surface area contributed by atoms with E-state index >= 15 is 0 Å². The van der Waals surface area contributed by atoms with Gasteiger partial charge in [0.25, 0.3) is 0 Å². The summed E-state index contributed by atoms with van der Waals surface area (Å²) in [6, 6.07) is 15.6. The Hall–Kier alpha value is -2.11. The van der Waals surface area contributed by atoms with Crippen LogP contribution in [0.5, 0.6) is 5.75 Å². The Kier molecular flexibility index (Phi) is 7.42. The van der Waals surface area contributed by atoms with Gasteiger partial charge in [0.15, 0.2) is 11.6 Å². The topological polar surface area (TPSA) is 64.4 Å². The highest BCUT2D eigenvalue weighted by atomic mass is 35.5. The number of ether oxygens (including phenoxy) is 1. The molecule has 1 aliphatic carbocycles. The maximum absolute atomic E-state index is 13.8. The first-order valence-electron chi connectivity index (χ1n) is 8.61. The number of halogens is 2. The van der Waals surface area contributed by atoms with Gasteiger partial charge in [0.2, 0.25) is 5.91 Å². The molecule has 0 aromatic heterocycles. The smallest absolute Gasteiger partial charge is 0.223 e. The van der Waals surface area contributed by atoms with Crippen molar-refractivity contribution < 1.29 is 13.9 Å². The summed E-state index contributed by atoms with van der Waals surface area (Å²) < 4.78 is 19.4. The molecule has 1 amide bonds. The van der Waals surface area contributed by atoms with Gasteiger partial charge in [-0.25, -0.2) is 4.39 Å². The summed E-state index contributed by atoms with van der Waals surface area (Å²) in [6.45, 7) is 0.162. The van der Waals surface area contributed by atoms with Crippen LogP contribution in [0.4, 0.5) is 4.39 Å². The van der Waals surface area contributed by atoms with Gasteiger partial charge in [0.05, 0.1) is 6.04 Å². The lowest BCUT2D eigenvalue weighted by Gasteiger charge is -2.22. The van der Waals surface area contributed by atoms with Crippen molar-refractivity contribution in [2.75, 3.05) is 6.61 Å². The molecule has 3 atom stereocenters. The van der Waals surface area contributed by atoms with Crippen molar-refractivity contribution in [3.05, 3.63) is 66.0 Å². The number of benzene rings is 2. The number of hydrogen-bond donors (Lipinski definition) is 2. The van der Waals surface area contributed by atoms with Gasteiger partial charge in [0.1, 0.15) is 6.61 Å². The molecule has 4 nitrogen and oxygen atoms in total. The minimum atomic E-state index is -0.414. The Morgan fingerprint density at radius 2 is 1.85 bits per heavy atom. The number of para-hydroxylation sites is 1. The maximum atomic E-state index is 13.8. The molecule has 2 aromatic rings. The van der Waals surface area contributed by atoms with Crippen molar-refractivity contribution in [1.29, 1.82) is 0 Å². The second kappa shape index (κ2) is 9.55. The van der Waals surface area contributed by atoms with E-state index in [2.05, 4.69) is 5.32 Å². The van der Waals surface area contributed by atoms with Crippen LogP contribution in [0.3, 0.4) is 0 Å². The monoisotopic (exact) mass is 378 g/mol. The molecule has 0 radical (unpaired) electrons. The van der Waals surface area contributed by atoms with Gasteiger partial charge in [-0.3, -0.25) is 4.79 Å². The number of carbonyl (C=O) groups excluding carboxylic acids is 1. The van der Waals surface area contributed by atoms with Gasteiger partial charge >= 0.3 is 0 Å². The molecular formula is C20H24ClFN2O2. The summed E-state index contributed by atoms with van der Waals surface area (Å²) in [5.41, 5.74) is 6.84. The fraction of sp³-hybridized carbons (Fsp3) is 0.350. The Bertz CT molecular complexity index is 714. The molecule has 1 fully saturated rings. The van der Waals surface area contributed by atoms with Gasteiger partial charge < -0.3 is 15.8 Å². The summed E-state index contributed by atoms with van der Waals surface area (Å²) in [7, 11) is 0. The molecule has 3 rings (SSSR count). The van der Waals surface area contributed by atoms with Crippen molar-refractivity contribution >= 4 is 18.3 Å². The van der Waals surface area contributed by atoms with Crippen LogP contribution in [0.2, 0.25) is 0 Å². The van der Waals surface area contributed by atoms with Crippen LogP contribution in [0, 0.1) is 11.7 Å². The van der Waals surface area contributed by atoms with Gasteiger partial charge in [-0.2, -0.15) is 0 Å². The zero-order valence-electron chi connectivity index (χ0n) is 14.4. The predicted molar refractivity (Wildman–Crippen MR) is 102 cm³/mol. The summed E-state index contributed by atoms with van der Waals surface area (Å²) in [4.78, 5) is 12.6. The van der Waals surface area contributed by atoms with Crippen LogP contribution < -0.4 is 15.8 Å². The Morgan fingerprint density at radius 3 is 2.50 bits per heavy atom. The second-order valence-corrected chi connectivity index (χ2v) is 6.48. The second-order valence-electron chi connectivity index (χ2n) is 6.48. The fourth-order valence-electron chi connectivity index (χ4n) is 3.19. The van der Waals surface area contributed by atoms with Crippen LogP contribution in [0.15, 0.2) is 54.6 Å². The summed E-state index contributed by atoms with van der Waals surface area (Å²) in [6.07, 6.45) is 2.39. The Balaban J connectivity index is 0.00000243. The number of rotatable bonds is 6. The lowest BCUT2D eigenvalue weighted by molar-refractivity contribution is -0.125. The molecule has 1 saturated carbocycles. The van der Waals surface area contributed by atoms with Crippen LogP contribution >= 0.6 is 12.4 Å². The van der Waals surface area contributed by atoms with E-state index in [1.54, 1.807) is 18.2 Å². The Morgan fingerprint density at radius 1 is 1.15 bits per heavy atom. The van der Waals surface area contributed by atoms with Gasteiger partial charge in [-0.15, -0.1) is 12.4 Å². The number of nitrogens with one attached hydrogen (secondary N) is 1. The quantitative estimate of drug-likeness (QED) is 0.807. The molecule has 3 unspecified atom stereocenters. The van der Waals surface area contributed by atoms with E-state index < -0.39 is 5.82 Å². The van der Waals surface area contributed by atoms with E-state index in [4.69, 9.17) is 10.5 Å². The normalized spacial score (nSPS) is 20.1. The number of nitrogens with two attached hydrogens (primary N) is 1. The lowest BCUT2D eigenvalue weighted by Crippen LogP contribution is -2.36. The van der Waals surface area contributed by atoms with Crippen LogP contribution in [0.25, 0.3) is 0 Å². The third-order valence-electron chi connectivity index (χ3n) is 4.60. The average molecular weight is 379 g/mol.